The van der Waals surface area contributed by atoms with Crippen molar-refractivity contribution in [3.8, 4) is 5.75 Å². The third-order valence-corrected chi connectivity index (χ3v) is 7.80. The molecule has 0 aromatic heterocycles. The normalized spacial score (nSPS) is 20.0. The lowest BCUT2D eigenvalue weighted by atomic mass is 9.78. The first-order chi connectivity index (χ1) is 11.9. The molecular formula is C16H24BF3O5SSi. The quantitative estimate of drug-likeness (QED) is 0.423. The average molecular weight is 424 g/mol. The van der Waals surface area contributed by atoms with Gasteiger partial charge in [0.15, 0.2) is 0 Å². The van der Waals surface area contributed by atoms with Crippen LogP contribution in [0.5, 0.6) is 5.75 Å². The van der Waals surface area contributed by atoms with Crippen LogP contribution < -0.4 is 14.8 Å². The Hall–Kier alpha value is -1.04. The molecule has 5 nitrogen and oxygen atoms in total. The molecule has 1 aliphatic rings. The maximum Gasteiger partial charge on any atom is 0.534 e. The first-order valence-electron chi connectivity index (χ1n) is 8.39. The van der Waals surface area contributed by atoms with E-state index in [-0.39, 0.29) is 11.2 Å². The van der Waals surface area contributed by atoms with Crippen LogP contribution in [0.2, 0.25) is 19.6 Å². The van der Waals surface area contributed by atoms with Gasteiger partial charge in [-0.15, -0.1) is 0 Å². The minimum Gasteiger partial charge on any atom is -0.399 e. The van der Waals surface area contributed by atoms with Crippen LogP contribution in [-0.2, 0) is 19.4 Å². The van der Waals surface area contributed by atoms with Crippen LogP contribution in [0.3, 0.4) is 0 Å². The van der Waals surface area contributed by atoms with E-state index >= 15 is 0 Å². The number of hydrogen-bond acceptors (Lipinski definition) is 5. The number of alkyl halides is 3. The molecule has 0 bridgehead atoms. The lowest BCUT2D eigenvalue weighted by molar-refractivity contribution is -0.0499. The second-order valence-electron chi connectivity index (χ2n) is 8.55. The summed E-state index contributed by atoms with van der Waals surface area (Å²) in [4.78, 5) is 0. The van der Waals surface area contributed by atoms with Gasteiger partial charge in [-0.1, -0.05) is 37.8 Å². The Balaban J connectivity index is 2.64. The number of halogens is 3. The van der Waals surface area contributed by atoms with Crippen molar-refractivity contribution in [1.82, 2.24) is 0 Å². The monoisotopic (exact) mass is 424 g/mol. The largest absolute Gasteiger partial charge is 0.534 e. The second kappa shape index (κ2) is 6.50. The van der Waals surface area contributed by atoms with E-state index in [0.29, 0.717) is 5.19 Å². The molecule has 1 heterocycles. The highest BCUT2D eigenvalue weighted by Gasteiger charge is 2.54. The summed E-state index contributed by atoms with van der Waals surface area (Å²) in [6.45, 7) is 12.8. The van der Waals surface area contributed by atoms with E-state index in [4.69, 9.17) is 9.31 Å². The van der Waals surface area contributed by atoms with Gasteiger partial charge in [-0.25, -0.2) is 0 Å². The molecule has 1 saturated heterocycles. The molecule has 0 radical (unpaired) electrons. The number of hydrogen-bond donors (Lipinski definition) is 0. The third kappa shape index (κ3) is 4.20. The fourth-order valence-electron chi connectivity index (χ4n) is 2.55. The minimum atomic E-state index is -5.83. The van der Waals surface area contributed by atoms with Crippen LogP contribution in [-0.4, -0.2) is 40.3 Å². The fourth-order valence-corrected chi connectivity index (χ4v) is 4.60. The molecule has 27 heavy (non-hydrogen) atoms. The molecule has 2 rings (SSSR count). The number of para-hydroxylation sites is 1. The summed E-state index contributed by atoms with van der Waals surface area (Å²) in [5, 5.41) is 0.433. The van der Waals surface area contributed by atoms with Gasteiger partial charge in [0, 0.05) is 5.46 Å². The molecule has 0 aliphatic carbocycles. The Morgan fingerprint density at radius 3 is 1.93 bits per heavy atom. The lowest BCUT2D eigenvalue weighted by Crippen LogP contribution is -2.46. The average Bonchev–Trinajstić information content (AvgIpc) is 2.64. The molecule has 1 aliphatic heterocycles. The van der Waals surface area contributed by atoms with E-state index in [0.717, 1.165) is 0 Å². The van der Waals surface area contributed by atoms with Crippen molar-refractivity contribution >= 4 is 36.0 Å². The van der Waals surface area contributed by atoms with Crippen molar-refractivity contribution < 1.29 is 35.1 Å². The van der Waals surface area contributed by atoms with E-state index in [1.165, 1.54) is 6.07 Å². The summed E-state index contributed by atoms with van der Waals surface area (Å²) in [7, 11) is -9.14. The molecule has 11 heteroatoms. The van der Waals surface area contributed by atoms with Crippen molar-refractivity contribution in [2.45, 2.75) is 64.0 Å². The third-order valence-electron chi connectivity index (χ3n) is 4.84. The molecule has 0 N–H and O–H groups in total. The van der Waals surface area contributed by atoms with Crippen LogP contribution in [0.15, 0.2) is 18.2 Å². The van der Waals surface area contributed by atoms with Gasteiger partial charge in [0.25, 0.3) is 0 Å². The Kier molecular flexibility index (Phi) is 5.36. The Labute approximate surface area is 159 Å². The van der Waals surface area contributed by atoms with Gasteiger partial charge in [0.1, 0.15) is 5.75 Å². The van der Waals surface area contributed by atoms with Gasteiger partial charge >= 0.3 is 22.7 Å². The first-order valence-corrected chi connectivity index (χ1v) is 13.3. The summed E-state index contributed by atoms with van der Waals surface area (Å²) in [6.07, 6.45) is 0. The summed E-state index contributed by atoms with van der Waals surface area (Å²) < 4.78 is 78.7. The summed E-state index contributed by atoms with van der Waals surface area (Å²) in [6, 6.07) is 4.69. The zero-order chi connectivity index (χ0) is 21.1. The standard InChI is InChI=1S/C16H24BF3O5SSi/c1-14(2)15(3,4)25-17(24-14)11-9-8-10-12(27(5,6)7)13(11)23-26(21,22)16(18,19)20/h8-10H,1-7H3. The number of benzene rings is 1. The van der Waals surface area contributed by atoms with E-state index < -0.39 is 42.0 Å². The van der Waals surface area contributed by atoms with E-state index in [2.05, 4.69) is 4.18 Å². The van der Waals surface area contributed by atoms with Crippen molar-refractivity contribution in [2.24, 2.45) is 0 Å². The van der Waals surface area contributed by atoms with E-state index in [9.17, 15) is 21.6 Å². The first kappa shape index (κ1) is 22.3. The molecule has 1 aromatic carbocycles. The molecule has 1 fully saturated rings. The maximum absolute atomic E-state index is 12.9. The molecule has 1 aromatic rings. The summed E-state index contributed by atoms with van der Waals surface area (Å²) in [5.41, 5.74) is -6.89. The SMILES string of the molecule is CC1(C)OB(c2cccc([Si](C)(C)C)c2OS(=O)(=O)C(F)(F)F)OC1(C)C. The van der Waals surface area contributed by atoms with Crippen LogP contribution in [0, 0.1) is 0 Å². The van der Waals surface area contributed by atoms with Crippen LogP contribution in [0.1, 0.15) is 27.7 Å². The van der Waals surface area contributed by atoms with Crippen molar-refractivity contribution in [3.05, 3.63) is 18.2 Å². The summed E-state index contributed by atoms with van der Waals surface area (Å²) in [5.74, 6) is -0.354. The topological polar surface area (TPSA) is 61.8 Å². The van der Waals surface area contributed by atoms with Crippen LogP contribution in [0.4, 0.5) is 13.2 Å². The predicted molar refractivity (Wildman–Crippen MR) is 101 cm³/mol. The van der Waals surface area contributed by atoms with E-state index in [1.54, 1.807) is 39.8 Å². The Morgan fingerprint density at radius 1 is 1.04 bits per heavy atom. The maximum atomic E-state index is 12.9. The van der Waals surface area contributed by atoms with Gasteiger partial charge in [-0.05, 0) is 32.9 Å². The molecule has 0 atom stereocenters. The molecule has 0 spiro atoms. The zero-order valence-electron chi connectivity index (χ0n) is 16.4. The molecule has 0 unspecified atom stereocenters. The van der Waals surface area contributed by atoms with Crippen LogP contribution >= 0.6 is 0 Å². The summed E-state index contributed by atoms with van der Waals surface area (Å²) >= 11 is 0. The molecule has 152 valence electrons. The highest BCUT2D eigenvalue weighted by molar-refractivity contribution is 7.88. The van der Waals surface area contributed by atoms with Crippen molar-refractivity contribution in [1.29, 1.82) is 0 Å². The zero-order valence-corrected chi connectivity index (χ0v) is 18.2. The Morgan fingerprint density at radius 2 is 1.52 bits per heavy atom. The van der Waals surface area contributed by atoms with Crippen molar-refractivity contribution in [2.75, 3.05) is 0 Å². The second-order valence-corrected chi connectivity index (χ2v) is 15.1. The lowest BCUT2D eigenvalue weighted by Gasteiger charge is -2.32. The van der Waals surface area contributed by atoms with Gasteiger partial charge < -0.3 is 13.5 Å². The Bertz CT molecular complexity index is 815. The van der Waals surface area contributed by atoms with E-state index in [1.807, 2.05) is 19.6 Å². The molecule has 0 saturated carbocycles. The van der Waals surface area contributed by atoms with Crippen molar-refractivity contribution in [3.63, 3.8) is 0 Å². The highest BCUT2D eigenvalue weighted by atomic mass is 32.2. The smallest absolute Gasteiger partial charge is 0.399 e. The molecular weight excluding hydrogens is 400 g/mol. The molecule has 0 amide bonds. The van der Waals surface area contributed by atoms with Gasteiger partial charge in [0.2, 0.25) is 0 Å². The van der Waals surface area contributed by atoms with Gasteiger partial charge in [-0.3, -0.25) is 0 Å². The van der Waals surface area contributed by atoms with Gasteiger partial charge in [0.05, 0.1) is 19.3 Å². The number of rotatable bonds is 4. The highest BCUT2D eigenvalue weighted by Crippen LogP contribution is 2.37. The minimum absolute atomic E-state index is 0.126. The predicted octanol–water partition coefficient (Wildman–Crippen LogP) is 2.76. The fraction of sp³-hybridized carbons (Fsp3) is 0.625. The van der Waals surface area contributed by atoms with Gasteiger partial charge in [-0.2, -0.15) is 21.6 Å². The van der Waals surface area contributed by atoms with Crippen LogP contribution in [0.25, 0.3) is 0 Å².